The maximum atomic E-state index is 11.4. The second-order valence-electron chi connectivity index (χ2n) is 3.22. The summed E-state index contributed by atoms with van der Waals surface area (Å²) in [5.41, 5.74) is 1.13. The fourth-order valence-electron chi connectivity index (χ4n) is 1.79. The molecule has 4 nitrogen and oxygen atoms in total. The van der Waals surface area contributed by atoms with Crippen molar-refractivity contribution in [2.75, 3.05) is 7.11 Å². The first-order chi connectivity index (χ1) is 6.33. The van der Waals surface area contributed by atoms with Crippen molar-refractivity contribution in [3.8, 4) is 0 Å². The van der Waals surface area contributed by atoms with Gasteiger partial charge in [0.2, 0.25) is 0 Å². The van der Waals surface area contributed by atoms with Crippen LogP contribution in [0.25, 0.3) is 0 Å². The molecule has 2 rings (SSSR count). The molecule has 0 unspecified atom stereocenters. The van der Waals surface area contributed by atoms with Crippen molar-refractivity contribution >= 4 is 5.97 Å². The molecule has 0 radical (unpaired) electrons. The Labute approximate surface area is 76.5 Å². The van der Waals surface area contributed by atoms with E-state index in [0.717, 1.165) is 25.0 Å². The lowest BCUT2D eigenvalue weighted by Gasteiger charge is -2.22. The van der Waals surface area contributed by atoms with Crippen LogP contribution in [0.15, 0.2) is 12.5 Å². The molecule has 13 heavy (non-hydrogen) atoms. The second kappa shape index (κ2) is 3.20. The monoisotopic (exact) mass is 180 g/mol. The first-order valence-electron chi connectivity index (χ1n) is 4.41. The van der Waals surface area contributed by atoms with Crippen molar-refractivity contribution in [2.24, 2.45) is 0 Å². The molecule has 2 heterocycles. The van der Waals surface area contributed by atoms with Crippen molar-refractivity contribution in [2.45, 2.75) is 25.3 Å². The molecule has 1 aliphatic rings. The van der Waals surface area contributed by atoms with Crippen LogP contribution >= 0.6 is 0 Å². The first kappa shape index (κ1) is 8.29. The summed E-state index contributed by atoms with van der Waals surface area (Å²) in [6.45, 7) is 0. The number of hydrogen-bond donors (Lipinski definition) is 0. The highest BCUT2D eigenvalue weighted by molar-refractivity contribution is 5.74. The van der Waals surface area contributed by atoms with Crippen molar-refractivity contribution in [1.82, 2.24) is 9.55 Å². The maximum absolute atomic E-state index is 11.4. The van der Waals surface area contributed by atoms with E-state index in [0.29, 0.717) is 0 Å². The van der Waals surface area contributed by atoms with Crippen LogP contribution < -0.4 is 0 Å². The second-order valence-corrected chi connectivity index (χ2v) is 3.22. The van der Waals surface area contributed by atoms with Gasteiger partial charge in [0.25, 0.3) is 0 Å². The maximum Gasteiger partial charge on any atom is 0.328 e. The van der Waals surface area contributed by atoms with Crippen molar-refractivity contribution in [3.05, 3.63) is 18.2 Å². The van der Waals surface area contributed by atoms with Crippen LogP contribution in [0, 0.1) is 0 Å². The molecule has 0 aromatic carbocycles. The molecule has 1 aromatic rings. The number of esters is 1. The van der Waals surface area contributed by atoms with Crippen LogP contribution in [-0.4, -0.2) is 22.6 Å². The van der Waals surface area contributed by atoms with Gasteiger partial charge in [-0.15, -0.1) is 0 Å². The van der Waals surface area contributed by atoms with Gasteiger partial charge in [-0.1, -0.05) is 0 Å². The van der Waals surface area contributed by atoms with Crippen LogP contribution in [0.4, 0.5) is 0 Å². The number of carbonyl (C=O) groups excluding carboxylic acids is 1. The zero-order valence-corrected chi connectivity index (χ0v) is 7.56. The van der Waals surface area contributed by atoms with E-state index in [-0.39, 0.29) is 12.0 Å². The number of ether oxygens (including phenoxy) is 1. The average molecular weight is 180 g/mol. The fraction of sp³-hybridized carbons (Fsp3) is 0.556. The van der Waals surface area contributed by atoms with E-state index < -0.39 is 0 Å². The van der Waals surface area contributed by atoms with Crippen LogP contribution in [-0.2, 0) is 16.0 Å². The Kier molecular flexibility index (Phi) is 2.04. The lowest BCUT2D eigenvalue weighted by molar-refractivity contribution is -0.145. The van der Waals surface area contributed by atoms with Gasteiger partial charge < -0.3 is 9.30 Å². The summed E-state index contributed by atoms with van der Waals surface area (Å²) in [7, 11) is 1.42. The van der Waals surface area contributed by atoms with Gasteiger partial charge in [-0.25, -0.2) is 9.78 Å². The minimum atomic E-state index is -0.168. The van der Waals surface area contributed by atoms with E-state index in [4.69, 9.17) is 4.74 Å². The molecule has 1 atom stereocenters. The number of imidazole rings is 1. The third-order valence-corrected chi connectivity index (χ3v) is 2.47. The fourth-order valence-corrected chi connectivity index (χ4v) is 1.79. The average Bonchev–Trinajstić information content (AvgIpc) is 2.63. The van der Waals surface area contributed by atoms with Crippen molar-refractivity contribution in [1.29, 1.82) is 0 Å². The number of aromatic nitrogens is 2. The van der Waals surface area contributed by atoms with E-state index in [2.05, 4.69) is 4.98 Å². The topological polar surface area (TPSA) is 44.1 Å². The summed E-state index contributed by atoms with van der Waals surface area (Å²) < 4.78 is 6.64. The number of carbonyl (C=O) groups is 1. The SMILES string of the molecule is COC(=O)[C@@H]1CCCc2cncn21. The minimum Gasteiger partial charge on any atom is -0.467 e. The summed E-state index contributed by atoms with van der Waals surface area (Å²) >= 11 is 0. The largest absolute Gasteiger partial charge is 0.467 e. The zero-order valence-electron chi connectivity index (χ0n) is 7.56. The van der Waals surface area contributed by atoms with E-state index >= 15 is 0 Å². The molecule has 1 aliphatic heterocycles. The summed E-state index contributed by atoms with van der Waals surface area (Å²) in [5, 5.41) is 0. The van der Waals surface area contributed by atoms with Crippen LogP contribution in [0.3, 0.4) is 0 Å². The summed E-state index contributed by atoms with van der Waals surface area (Å²) in [5.74, 6) is -0.168. The van der Waals surface area contributed by atoms with Gasteiger partial charge in [0, 0.05) is 11.9 Å². The molecule has 0 N–H and O–H groups in total. The number of nitrogens with zero attached hydrogens (tertiary/aromatic N) is 2. The Morgan fingerprint density at radius 1 is 1.77 bits per heavy atom. The van der Waals surface area contributed by atoms with Gasteiger partial charge >= 0.3 is 5.97 Å². The Balaban J connectivity index is 2.30. The third-order valence-electron chi connectivity index (χ3n) is 2.47. The van der Waals surface area contributed by atoms with Crippen molar-refractivity contribution in [3.63, 3.8) is 0 Å². The van der Waals surface area contributed by atoms with Crippen LogP contribution in [0.1, 0.15) is 24.6 Å². The first-order valence-corrected chi connectivity index (χ1v) is 4.41. The molecular weight excluding hydrogens is 168 g/mol. The Bertz CT molecular complexity index is 319. The predicted octanol–water partition coefficient (Wildman–Crippen LogP) is 0.933. The van der Waals surface area contributed by atoms with E-state index in [1.54, 1.807) is 6.33 Å². The normalized spacial score (nSPS) is 20.8. The smallest absolute Gasteiger partial charge is 0.328 e. The Hall–Kier alpha value is -1.32. The summed E-state index contributed by atoms with van der Waals surface area (Å²) in [6, 6.07) is -0.156. The van der Waals surface area contributed by atoms with Gasteiger partial charge in [-0.3, -0.25) is 0 Å². The molecule has 70 valence electrons. The molecule has 0 aliphatic carbocycles. The molecule has 0 saturated carbocycles. The number of fused-ring (bicyclic) bond motifs is 1. The lowest BCUT2D eigenvalue weighted by atomic mass is 10.0. The van der Waals surface area contributed by atoms with Crippen molar-refractivity contribution < 1.29 is 9.53 Å². The number of methoxy groups -OCH3 is 1. The molecule has 1 aromatic heterocycles. The van der Waals surface area contributed by atoms with Crippen LogP contribution in [0.5, 0.6) is 0 Å². The van der Waals surface area contributed by atoms with E-state index in [1.807, 2.05) is 10.8 Å². The molecule has 4 heteroatoms. The molecule has 0 bridgehead atoms. The number of aryl methyl sites for hydroxylation is 1. The van der Waals surface area contributed by atoms with Gasteiger partial charge in [0.15, 0.2) is 0 Å². The Morgan fingerprint density at radius 2 is 2.62 bits per heavy atom. The lowest BCUT2D eigenvalue weighted by Crippen LogP contribution is -2.25. The quantitative estimate of drug-likeness (QED) is 0.604. The van der Waals surface area contributed by atoms with Gasteiger partial charge in [-0.05, 0) is 19.3 Å². The van der Waals surface area contributed by atoms with E-state index in [1.165, 1.54) is 7.11 Å². The number of hydrogen-bond acceptors (Lipinski definition) is 3. The predicted molar refractivity (Wildman–Crippen MR) is 46.2 cm³/mol. The summed E-state index contributed by atoms with van der Waals surface area (Å²) in [6.07, 6.45) is 6.42. The highest BCUT2D eigenvalue weighted by Gasteiger charge is 2.26. The highest BCUT2D eigenvalue weighted by Crippen LogP contribution is 2.24. The third kappa shape index (κ3) is 1.32. The van der Waals surface area contributed by atoms with Crippen LogP contribution in [0.2, 0.25) is 0 Å². The Morgan fingerprint density at radius 3 is 3.38 bits per heavy atom. The molecule has 0 saturated heterocycles. The molecular formula is C9H12N2O2. The zero-order chi connectivity index (χ0) is 9.26. The van der Waals surface area contributed by atoms with E-state index in [9.17, 15) is 4.79 Å². The van der Waals surface area contributed by atoms with Gasteiger partial charge in [0.1, 0.15) is 6.04 Å². The van der Waals surface area contributed by atoms with Gasteiger partial charge in [0.05, 0.1) is 13.4 Å². The standard InChI is InChI=1S/C9H12N2O2/c1-13-9(12)8-4-2-3-7-5-10-6-11(7)8/h5-6,8H,2-4H2,1H3/t8-/m0/s1. The summed E-state index contributed by atoms with van der Waals surface area (Å²) in [4.78, 5) is 15.4. The minimum absolute atomic E-state index is 0.156. The number of rotatable bonds is 1. The highest BCUT2D eigenvalue weighted by atomic mass is 16.5. The van der Waals surface area contributed by atoms with Gasteiger partial charge in [-0.2, -0.15) is 0 Å². The molecule has 0 spiro atoms. The molecule has 0 fully saturated rings. The molecule has 0 amide bonds.